The molecular formula is C11H14F2N2. The van der Waals surface area contributed by atoms with Crippen molar-refractivity contribution in [2.24, 2.45) is 11.8 Å². The van der Waals surface area contributed by atoms with Gasteiger partial charge in [0.05, 0.1) is 0 Å². The molecular weight excluding hydrogens is 198 g/mol. The third-order valence-electron chi connectivity index (χ3n) is 2.78. The third-order valence-corrected chi connectivity index (χ3v) is 2.78. The van der Waals surface area contributed by atoms with Gasteiger partial charge in [0.25, 0.3) is 0 Å². The Balaban J connectivity index is 2.08. The van der Waals surface area contributed by atoms with Gasteiger partial charge < -0.3 is 0 Å². The molecule has 0 amide bonds. The zero-order valence-electron chi connectivity index (χ0n) is 8.34. The Kier molecular flexibility index (Phi) is 2.98. The lowest BCUT2D eigenvalue weighted by molar-refractivity contribution is 0.469. The van der Waals surface area contributed by atoms with E-state index in [4.69, 9.17) is 5.84 Å². The van der Waals surface area contributed by atoms with E-state index in [1.165, 1.54) is 12.1 Å². The van der Waals surface area contributed by atoms with Crippen LogP contribution in [0.4, 0.5) is 8.78 Å². The zero-order valence-corrected chi connectivity index (χ0v) is 8.34. The normalized spacial score (nSPS) is 17.8. The standard InChI is InChI=1S/C11H14F2N2/c12-9-3-7(4-10(13)6-9)5-11(15-14)8-1-2-8/h3-4,6,8,11,15H,1-2,5,14H2. The van der Waals surface area contributed by atoms with Crippen LogP contribution in [0.15, 0.2) is 18.2 Å². The Morgan fingerprint density at radius 3 is 2.33 bits per heavy atom. The third kappa shape index (κ3) is 2.73. The van der Waals surface area contributed by atoms with Crippen molar-refractivity contribution in [2.75, 3.05) is 0 Å². The van der Waals surface area contributed by atoms with Gasteiger partial charge in [-0.25, -0.2) is 8.78 Å². The molecule has 0 saturated heterocycles. The maximum Gasteiger partial charge on any atom is 0.126 e. The van der Waals surface area contributed by atoms with Gasteiger partial charge in [0.15, 0.2) is 0 Å². The van der Waals surface area contributed by atoms with Crippen molar-refractivity contribution < 1.29 is 8.78 Å². The van der Waals surface area contributed by atoms with Crippen LogP contribution >= 0.6 is 0 Å². The lowest BCUT2D eigenvalue weighted by atomic mass is 10.0. The number of hydrogen-bond acceptors (Lipinski definition) is 2. The van der Waals surface area contributed by atoms with E-state index in [9.17, 15) is 8.78 Å². The van der Waals surface area contributed by atoms with E-state index in [0.29, 0.717) is 17.9 Å². The molecule has 1 aliphatic carbocycles. The maximum atomic E-state index is 12.9. The van der Waals surface area contributed by atoms with Crippen molar-refractivity contribution in [3.8, 4) is 0 Å². The van der Waals surface area contributed by atoms with Gasteiger partial charge in [0.1, 0.15) is 11.6 Å². The quantitative estimate of drug-likeness (QED) is 0.589. The summed E-state index contributed by atoms with van der Waals surface area (Å²) in [6.45, 7) is 0. The van der Waals surface area contributed by atoms with Crippen LogP contribution in [0.3, 0.4) is 0 Å². The Morgan fingerprint density at radius 1 is 1.27 bits per heavy atom. The van der Waals surface area contributed by atoms with E-state index >= 15 is 0 Å². The molecule has 1 unspecified atom stereocenters. The molecule has 1 atom stereocenters. The lowest BCUT2D eigenvalue weighted by Gasteiger charge is -2.14. The molecule has 1 saturated carbocycles. The van der Waals surface area contributed by atoms with Crippen LogP contribution < -0.4 is 11.3 Å². The van der Waals surface area contributed by atoms with Gasteiger partial charge in [0, 0.05) is 12.1 Å². The summed E-state index contributed by atoms with van der Waals surface area (Å²) >= 11 is 0. The van der Waals surface area contributed by atoms with Crippen LogP contribution in [0.2, 0.25) is 0 Å². The highest BCUT2D eigenvalue weighted by Crippen LogP contribution is 2.33. The molecule has 82 valence electrons. The predicted octanol–water partition coefficient (Wildman–Crippen LogP) is 1.75. The summed E-state index contributed by atoms with van der Waals surface area (Å²) in [4.78, 5) is 0. The summed E-state index contributed by atoms with van der Waals surface area (Å²) in [5.41, 5.74) is 3.36. The fourth-order valence-corrected chi connectivity index (χ4v) is 1.84. The van der Waals surface area contributed by atoms with Crippen molar-refractivity contribution in [2.45, 2.75) is 25.3 Å². The molecule has 0 bridgehead atoms. The molecule has 1 fully saturated rings. The van der Waals surface area contributed by atoms with Gasteiger partial charge in [0.2, 0.25) is 0 Å². The predicted molar refractivity (Wildman–Crippen MR) is 53.9 cm³/mol. The van der Waals surface area contributed by atoms with E-state index < -0.39 is 11.6 Å². The van der Waals surface area contributed by atoms with E-state index in [0.717, 1.165) is 18.9 Å². The Labute approximate surface area is 87.4 Å². The average Bonchev–Trinajstić information content (AvgIpc) is 2.95. The fourth-order valence-electron chi connectivity index (χ4n) is 1.84. The summed E-state index contributed by atoms with van der Waals surface area (Å²) in [5.74, 6) is 4.90. The number of rotatable bonds is 4. The highest BCUT2D eigenvalue weighted by Gasteiger charge is 2.30. The Morgan fingerprint density at radius 2 is 1.87 bits per heavy atom. The first kappa shape index (κ1) is 10.5. The summed E-state index contributed by atoms with van der Waals surface area (Å²) in [7, 11) is 0. The molecule has 0 aromatic heterocycles. The van der Waals surface area contributed by atoms with Crippen molar-refractivity contribution in [3.05, 3.63) is 35.4 Å². The lowest BCUT2D eigenvalue weighted by Crippen LogP contribution is -2.38. The molecule has 3 N–H and O–H groups in total. The van der Waals surface area contributed by atoms with E-state index in [-0.39, 0.29) is 6.04 Å². The number of hydrogen-bond donors (Lipinski definition) is 2. The second-order valence-electron chi connectivity index (χ2n) is 4.09. The van der Waals surface area contributed by atoms with Crippen LogP contribution in [-0.4, -0.2) is 6.04 Å². The second kappa shape index (κ2) is 4.24. The van der Waals surface area contributed by atoms with Crippen molar-refractivity contribution in [1.82, 2.24) is 5.43 Å². The molecule has 0 aliphatic heterocycles. The molecule has 0 radical (unpaired) electrons. The molecule has 0 spiro atoms. The second-order valence-corrected chi connectivity index (χ2v) is 4.09. The number of hydrazine groups is 1. The molecule has 15 heavy (non-hydrogen) atoms. The Bertz CT molecular complexity index is 330. The number of nitrogens with two attached hydrogens (primary N) is 1. The molecule has 0 heterocycles. The van der Waals surface area contributed by atoms with Gasteiger partial charge in [-0.2, -0.15) is 0 Å². The largest absolute Gasteiger partial charge is 0.271 e. The number of nitrogens with one attached hydrogen (secondary N) is 1. The number of benzene rings is 1. The first-order chi connectivity index (χ1) is 7.19. The minimum atomic E-state index is -0.531. The van der Waals surface area contributed by atoms with Gasteiger partial charge >= 0.3 is 0 Å². The van der Waals surface area contributed by atoms with E-state index in [1.54, 1.807) is 0 Å². The van der Waals surface area contributed by atoms with Crippen molar-refractivity contribution >= 4 is 0 Å². The maximum absolute atomic E-state index is 12.9. The van der Waals surface area contributed by atoms with Crippen LogP contribution in [0, 0.1) is 17.6 Å². The van der Waals surface area contributed by atoms with Crippen molar-refractivity contribution in [3.63, 3.8) is 0 Å². The molecule has 2 rings (SSSR count). The summed E-state index contributed by atoms with van der Waals surface area (Å²) < 4.78 is 25.8. The summed E-state index contributed by atoms with van der Waals surface area (Å²) in [6.07, 6.45) is 2.87. The summed E-state index contributed by atoms with van der Waals surface area (Å²) in [5, 5.41) is 0. The van der Waals surface area contributed by atoms with Gasteiger partial charge in [-0.3, -0.25) is 11.3 Å². The van der Waals surface area contributed by atoms with E-state index in [2.05, 4.69) is 5.43 Å². The minimum Gasteiger partial charge on any atom is -0.271 e. The average molecular weight is 212 g/mol. The highest BCUT2D eigenvalue weighted by atomic mass is 19.1. The monoisotopic (exact) mass is 212 g/mol. The van der Waals surface area contributed by atoms with E-state index in [1.807, 2.05) is 0 Å². The first-order valence-electron chi connectivity index (χ1n) is 5.10. The fraction of sp³-hybridized carbons (Fsp3) is 0.455. The molecule has 1 aromatic carbocycles. The van der Waals surface area contributed by atoms with Crippen LogP contribution in [0.5, 0.6) is 0 Å². The molecule has 4 heteroatoms. The SMILES string of the molecule is NNC(Cc1cc(F)cc(F)c1)C1CC1. The molecule has 1 aliphatic rings. The summed E-state index contributed by atoms with van der Waals surface area (Å²) in [6, 6.07) is 3.73. The Hall–Kier alpha value is -1.00. The zero-order chi connectivity index (χ0) is 10.8. The highest BCUT2D eigenvalue weighted by molar-refractivity contribution is 5.19. The van der Waals surface area contributed by atoms with Crippen molar-refractivity contribution in [1.29, 1.82) is 0 Å². The van der Waals surface area contributed by atoms with Gasteiger partial charge in [-0.15, -0.1) is 0 Å². The van der Waals surface area contributed by atoms with Crippen LogP contribution in [0.25, 0.3) is 0 Å². The smallest absolute Gasteiger partial charge is 0.126 e. The first-order valence-corrected chi connectivity index (χ1v) is 5.10. The topological polar surface area (TPSA) is 38.0 Å². The minimum absolute atomic E-state index is 0.131. The molecule has 2 nitrogen and oxygen atoms in total. The van der Waals surface area contributed by atoms with Crippen LogP contribution in [-0.2, 0) is 6.42 Å². The van der Waals surface area contributed by atoms with Gasteiger partial charge in [-0.1, -0.05) is 0 Å². The van der Waals surface area contributed by atoms with Gasteiger partial charge in [-0.05, 0) is 42.9 Å². The molecule has 1 aromatic rings. The number of halogens is 2. The van der Waals surface area contributed by atoms with Crippen LogP contribution in [0.1, 0.15) is 18.4 Å².